The number of aromatic nitrogens is 2. The van der Waals surface area contributed by atoms with Crippen molar-refractivity contribution in [2.75, 3.05) is 5.32 Å². The summed E-state index contributed by atoms with van der Waals surface area (Å²) in [6.45, 7) is 0. The average molecular weight is 354 g/mol. The van der Waals surface area contributed by atoms with E-state index < -0.39 is 0 Å². The third-order valence-electron chi connectivity index (χ3n) is 4.27. The Hall–Kier alpha value is -2.07. The SMILES string of the molecule is Brc1ccc(C2CC(n3ccnc3)c3ccccc3N2)cc1. The first kappa shape index (κ1) is 13.6. The zero-order valence-corrected chi connectivity index (χ0v) is 13.6. The molecule has 22 heavy (non-hydrogen) atoms. The maximum atomic E-state index is 4.22. The first-order valence-electron chi connectivity index (χ1n) is 7.39. The lowest BCUT2D eigenvalue weighted by atomic mass is 9.89. The Kier molecular flexibility index (Phi) is 3.47. The molecule has 3 aromatic rings. The molecule has 2 heterocycles. The second kappa shape index (κ2) is 5.61. The van der Waals surface area contributed by atoms with Crippen molar-refractivity contribution in [3.63, 3.8) is 0 Å². The summed E-state index contributed by atoms with van der Waals surface area (Å²) in [5, 5.41) is 3.68. The van der Waals surface area contributed by atoms with Crippen molar-refractivity contribution >= 4 is 21.6 Å². The Morgan fingerprint density at radius 1 is 1.09 bits per heavy atom. The molecule has 1 N–H and O–H groups in total. The van der Waals surface area contributed by atoms with Crippen LogP contribution in [0, 0.1) is 0 Å². The summed E-state index contributed by atoms with van der Waals surface area (Å²) in [6.07, 6.45) is 6.81. The molecule has 0 saturated carbocycles. The summed E-state index contributed by atoms with van der Waals surface area (Å²) in [5.74, 6) is 0. The van der Waals surface area contributed by atoms with E-state index in [1.807, 2.05) is 18.7 Å². The Labute approximate surface area is 138 Å². The zero-order chi connectivity index (χ0) is 14.9. The van der Waals surface area contributed by atoms with E-state index in [2.05, 4.69) is 79.3 Å². The van der Waals surface area contributed by atoms with Crippen molar-refractivity contribution in [2.24, 2.45) is 0 Å². The molecule has 2 aromatic carbocycles. The van der Waals surface area contributed by atoms with Crippen molar-refractivity contribution in [1.29, 1.82) is 0 Å². The van der Waals surface area contributed by atoms with E-state index >= 15 is 0 Å². The maximum Gasteiger partial charge on any atom is 0.0951 e. The molecule has 2 unspecified atom stereocenters. The monoisotopic (exact) mass is 353 g/mol. The van der Waals surface area contributed by atoms with Crippen molar-refractivity contribution in [2.45, 2.75) is 18.5 Å². The summed E-state index contributed by atoms with van der Waals surface area (Å²) >= 11 is 3.51. The quantitative estimate of drug-likeness (QED) is 0.717. The molecule has 0 bridgehead atoms. The number of rotatable bonds is 2. The summed E-state index contributed by atoms with van der Waals surface area (Å²) in [5.41, 5.74) is 3.84. The third-order valence-corrected chi connectivity index (χ3v) is 4.79. The summed E-state index contributed by atoms with van der Waals surface area (Å²) in [4.78, 5) is 4.22. The van der Waals surface area contributed by atoms with Crippen LogP contribution in [0.25, 0.3) is 0 Å². The molecule has 110 valence electrons. The Bertz CT molecular complexity index is 765. The Morgan fingerprint density at radius 2 is 1.91 bits per heavy atom. The van der Waals surface area contributed by atoms with Gasteiger partial charge in [0.1, 0.15) is 0 Å². The second-order valence-corrected chi connectivity index (χ2v) is 6.51. The van der Waals surface area contributed by atoms with E-state index in [4.69, 9.17) is 0 Å². The number of nitrogens with zero attached hydrogens (tertiary/aromatic N) is 2. The highest BCUT2D eigenvalue weighted by molar-refractivity contribution is 9.10. The average Bonchev–Trinajstić information content (AvgIpc) is 3.09. The van der Waals surface area contributed by atoms with Crippen LogP contribution in [0.5, 0.6) is 0 Å². The minimum absolute atomic E-state index is 0.301. The summed E-state index contributed by atoms with van der Waals surface area (Å²) < 4.78 is 3.31. The number of imidazole rings is 1. The summed E-state index contributed by atoms with van der Waals surface area (Å²) in [7, 11) is 0. The molecular weight excluding hydrogens is 338 g/mol. The standard InChI is InChI=1S/C18H16BrN3/c19-14-7-5-13(6-8-14)17-11-18(22-10-9-20-12-22)15-3-1-2-4-16(15)21-17/h1-10,12,17-18,21H,11H2. The number of nitrogens with one attached hydrogen (secondary N) is 1. The fourth-order valence-corrected chi connectivity index (χ4v) is 3.43. The van der Waals surface area contributed by atoms with Crippen LogP contribution in [-0.4, -0.2) is 9.55 Å². The van der Waals surface area contributed by atoms with Crippen molar-refractivity contribution in [3.05, 3.63) is 82.9 Å². The van der Waals surface area contributed by atoms with E-state index in [9.17, 15) is 0 Å². The highest BCUT2D eigenvalue weighted by Crippen LogP contribution is 2.40. The number of hydrogen-bond acceptors (Lipinski definition) is 2. The van der Waals surface area contributed by atoms with Crippen LogP contribution in [0.15, 0.2) is 71.7 Å². The van der Waals surface area contributed by atoms with Crippen LogP contribution in [0.3, 0.4) is 0 Å². The zero-order valence-electron chi connectivity index (χ0n) is 12.0. The predicted molar refractivity (Wildman–Crippen MR) is 91.9 cm³/mol. The molecule has 0 fully saturated rings. The van der Waals surface area contributed by atoms with Crippen LogP contribution in [0.2, 0.25) is 0 Å². The van der Waals surface area contributed by atoms with Gasteiger partial charge in [-0.3, -0.25) is 0 Å². The predicted octanol–water partition coefficient (Wildman–Crippen LogP) is 4.79. The fraction of sp³-hybridized carbons (Fsp3) is 0.167. The van der Waals surface area contributed by atoms with Gasteiger partial charge in [-0.15, -0.1) is 0 Å². The number of hydrogen-bond donors (Lipinski definition) is 1. The van der Waals surface area contributed by atoms with Gasteiger partial charge < -0.3 is 9.88 Å². The van der Waals surface area contributed by atoms with Crippen LogP contribution in [-0.2, 0) is 0 Å². The molecule has 0 aliphatic carbocycles. The normalized spacial score (nSPS) is 20.2. The first-order chi connectivity index (χ1) is 10.8. The minimum Gasteiger partial charge on any atom is -0.378 e. The molecule has 1 aliphatic heterocycles. The van der Waals surface area contributed by atoms with Gasteiger partial charge in [-0.2, -0.15) is 0 Å². The minimum atomic E-state index is 0.301. The molecular formula is C18H16BrN3. The molecule has 4 rings (SSSR count). The van der Waals surface area contributed by atoms with Gasteiger partial charge in [0.25, 0.3) is 0 Å². The van der Waals surface area contributed by atoms with Crippen molar-refractivity contribution < 1.29 is 0 Å². The number of fused-ring (bicyclic) bond motifs is 1. The Morgan fingerprint density at radius 3 is 2.68 bits per heavy atom. The molecule has 0 spiro atoms. The number of para-hydroxylation sites is 1. The molecule has 3 nitrogen and oxygen atoms in total. The van der Waals surface area contributed by atoms with Crippen LogP contribution in [0.4, 0.5) is 5.69 Å². The van der Waals surface area contributed by atoms with Gasteiger partial charge in [-0.25, -0.2) is 4.98 Å². The van der Waals surface area contributed by atoms with Crippen LogP contribution >= 0.6 is 15.9 Å². The second-order valence-electron chi connectivity index (χ2n) is 5.60. The maximum absolute atomic E-state index is 4.22. The smallest absolute Gasteiger partial charge is 0.0951 e. The van der Waals surface area contributed by atoms with Gasteiger partial charge in [0.2, 0.25) is 0 Å². The van der Waals surface area contributed by atoms with Gasteiger partial charge in [0.05, 0.1) is 18.4 Å². The molecule has 1 aromatic heterocycles. The molecule has 0 saturated heterocycles. The van der Waals surface area contributed by atoms with Gasteiger partial charge in [0.15, 0.2) is 0 Å². The lowest BCUT2D eigenvalue weighted by molar-refractivity contribution is 0.484. The largest absolute Gasteiger partial charge is 0.378 e. The Balaban J connectivity index is 1.75. The lowest BCUT2D eigenvalue weighted by Gasteiger charge is -2.34. The van der Waals surface area contributed by atoms with E-state index in [0.717, 1.165) is 10.9 Å². The van der Waals surface area contributed by atoms with Crippen LogP contribution in [0.1, 0.15) is 29.6 Å². The van der Waals surface area contributed by atoms with E-state index in [1.54, 1.807) is 0 Å². The van der Waals surface area contributed by atoms with Crippen molar-refractivity contribution in [1.82, 2.24) is 9.55 Å². The number of anilines is 1. The fourth-order valence-electron chi connectivity index (χ4n) is 3.17. The topological polar surface area (TPSA) is 29.9 Å². The molecule has 2 atom stereocenters. The highest BCUT2D eigenvalue weighted by atomic mass is 79.9. The van der Waals surface area contributed by atoms with Crippen LogP contribution < -0.4 is 5.32 Å². The van der Waals surface area contributed by atoms with Gasteiger partial charge in [-0.1, -0.05) is 46.3 Å². The number of halogens is 1. The van der Waals surface area contributed by atoms with E-state index in [-0.39, 0.29) is 0 Å². The molecule has 0 radical (unpaired) electrons. The molecule has 4 heteroatoms. The van der Waals surface area contributed by atoms with Gasteiger partial charge >= 0.3 is 0 Å². The summed E-state index contributed by atoms with van der Waals surface area (Å²) in [6, 6.07) is 17.7. The van der Waals surface area contributed by atoms with Gasteiger partial charge in [-0.05, 0) is 35.7 Å². The third kappa shape index (κ3) is 2.44. The first-order valence-corrected chi connectivity index (χ1v) is 8.19. The molecule has 0 amide bonds. The van der Waals surface area contributed by atoms with Crippen molar-refractivity contribution in [3.8, 4) is 0 Å². The van der Waals surface area contributed by atoms with Gasteiger partial charge in [0, 0.05) is 22.6 Å². The number of benzene rings is 2. The van der Waals surface area contributed by atoms with E-state index in [0.29, 0.717) is 12.1 Å². The lowest BCUT2D eigenvalue weighted by Crippen LogP contribution is -2.25. The van der Waals surface area contributed by atoms with E-state index in [1.165, 1.54) is 16.8 Å². The highest BCUT2D eigenvalue weighted by Gasteiger charge is 2.28. The molecule has 1 aliphatic rings.